The van der Waals surface area contributed by atoms with E-state index in [1.807, 2.05) is 18.2 Å². The maximum absolute atomic E-state index is 13.3. The van der Waals surface area contributed by atoms with E-state index in [-0.39, 0.29) is 12.7 Å². The fraction of sp³-hybridized carbons (Fsp3) is 0.714. The second-order valence-corrected chi connectivity index (χ2v) is 7.93. The highest BCUT2D eigenvalue weighted by atomic mass is 19.1. The summed E-state index contributed by atoms with van der Waals surface area (Å²) in [5.41, 5.74) is 1.11. The van der Waals surface area contributed by atoms with E-state index >= 15 is 0 Å². The second kappa shape index (κ2) is 10.4. The van der Waals surface area contributed by atoms with Gasteiger partial charge in [0.2, 0.25) is 0 Å². The Morgan fingerprint density at radius 1 is 1.07 bits per heavy atom. The summed E-state index contributed by atoms with van der Waals surface area (Å²) in [5, 5.41) is 19.8. The molecule has 0 aliphatic carbocycles. The number of rotatable bonds is 8. The molecule has 1 aromatic rings. The minimum atomic E-state index is -0.664. The fourth-order valence-corrected chi connectivity index (χ4v) is 3.89. The lowest BCUT2D eigenvalue weighted by Crippen LogP contribution is -2.41. The average molecular weight is 397 g/mol. The number of nitrogens with zero attached hydrogens (tertiary/aromatic N) is 2. The third-order valence-corrected chi connectivity index (χ3v) is 5.61. The summed E-state index contributed by atoms with van der Waals surface area (Å²) in [5.74, 6) is 1.26. The maximum Gasteiger partial charge on any atom is 0.161 e. The van der Waals surface area contributed by atoms with Crippen molar-refractivity contribution < 1.29 is 24.1 Å². The smallest absolute Gasteiger partial charge is 0.161 e. The predicted octanol–water partition coefficient (Wildman–Crippen LogP) is 1.83. The van der Waals surface area contributed by atoms with Gasteiger partial charge in [-0.1, -0.05) is 6.07 Å². The number of hydrogen-bond acceptors (Lipinski definition) is 6. The van der Waals surface area contributed by atoms with Gasteiger partial charge in [0.25, 0.3) is 0 Å². The van der Waals surface area contributed by atoms with E-state index in [9.17, 15) is 14.6 Å². The molecule has 0 unspecified atom stereocenters. The standard InChI is InChI=1S/C21H33FN2O4/c1-27-21-12-16(13-23-8-4-17(22)5-9-23)2-3-20(21)28-15-19(26)14-24-10-6-18(25)7-11-24/h2-3,12,17-19,25-26H,4-11,13-15H2,1H3/t19-/m1/s1. The molecular formula is C21H33FN2O4. The summed E-state index contributed by atoms with van der Waals surface area (Å²) < 4.78 is 24.5. The molecule has 0 amide bonds. The maximum atomic E-state index is 13.3. The van der Waals surface area contributed by atoms with E-state index in [2.05, 4.69) is 9.80 Å². The molecule has 28 heavy (non-hydrogen) atoms. The summed E-state index contributed by atoms with van der Waals surface area (Å²) in [6.07, 6.45) is 1.25. The van der Waals surface area contributed by atoms with Gasteiger partial charge in [0, 0.05) is 39.3 Å². The average Bonchev–Trinajstić information content (AvgIpc) is 2.70. The molecule has 2 aliphatic heterocycles. The largest absolute Gasteiger partial charge is 0.493 e. The van der Waals surface area contributed by atoms with Gasteiger partial charge in [0.15, 0.2) is 11.5 Å². The molecule has 2 N–H and O–H groups in total. The second-order valence-electron chi connectivity index (χ2n) is 7.93. The SMILES string of the molecule is COc1cc(CN2CCC(F)CC2)ccc1OC[C@H](O)CN1CCC(O)CC1. The lowest BCUT2D eigenvalue weighted by molar-refractivity contribution is 0.0333. The van der Waals surface area contributed by atoms with Crippen molar-refractivity contribution >= 4 is 0 Å². The quantitative estimate of drug-likeness (QED) is 0.699. The molecule has 7 heteroatoms. The normalized spacial score (nSPS) is 21.6. The minimum absolute atomic E-state index is 0.193. The molecule has 158 valence electrons. The van der Waals surface area contributed by atoms with Crippen LogP contribution in [0.2, 0.25) is 0 Å². The highest BCUT2D eigenvalue weighted by Crippen LogP contribution is 2.29. The van der Waals surface area contributed by atoms with Gasteiger partial charge in [0.1, 0.15) is 18.9 Å². The first-order valence-corrected chi connectivity index (χ1v) is 10.3. The highest BCUT2D eigenvalue weighted by molar-refractivity contribution is 5.43. The summed E-state index contributed by atoms with van der Waals surface area (Å²) in [4.78, 5) is 4.41. The molecule has 3 rings (SSSR count). The number of piperidine rings is 2. The Bertz CT molecular complexity index is 602. The van der Waals surface area contributed by atoms with Crippen molar-refractivity contribution in [2.24, 2.45) is 0 Å². The molecule has 0 spiro atoms. The van der Waals surface area contributed by atoms with Crippen molar-refractivity contribution in [1.29, 1.82) is 0 Å². The van der Waals surface area contributed by atoms with Crippen LogP contribution in [0.15, 0.2) is 18.2 Å². The van der Waals surface area contributed by atoms with Crippen molar-refractivity contribution in [1.82, 2.24) is 9.80 Å². The van der Waals surface area contributed by atoms with Crippen LogP contribution >= 0.6 is 0 Å². The molecule has 2 aliphatic rings. The highest BCUT2D eigenvalue weighted by Gasteiger charge is 2.21. The lowest BCUT2D eigenvalue weighted by atomic mass is 10.1. The molecule has 0 saturated carbocycles. The van der Waals surface area contributed by atoms with E-state index in [1.54, 1.807) is 7.11 Å². The van der Waals surface area contributed by atoms with Crippen LogP contribution in [-0.2, 0) is 6.54 Å². The van der Waals surface area contributed by atoms with E-state index in [0.717, 1.165) is 51.1 Å². The van der Waals surface area contributed by atoms with E-state index in [4.69, 9.17) is 9.47 Å². The Morgan fingerprint density at radius 3 is 2.43 bits per heavy atom. The van der Waals surface area contributed by atoms with Crippen molar-refractivity contribution in [3.63, 3.8) is 0 Å². The molecule has 1 aromatic carbocycles. The van der Waals surface area contributed by atoms with Crippen LogP contribution in [0, 0.1) is 0 Å². The van der Waals surface area contributed by atoms with Crippen molar-refractivity contribution in [3.8, 4) is 11.5 Å². The molecule has 0 radical (unpaired) electrons. The van der Waals surface area contributed by atoms with Crippen LogP contribution in [0.5, 0.6) is 11.5 Å². The van der Waals surface area contributed by atoms with Gasteiger partial charge in [-0.2, -0.15) is 0 Å². The molecular weight excluding hydrogens is 363 g/mol. The molecule has 2 fully saturated rings. The summed E-state index contributed by atoms with van der Waals surface area (Å²) >= 11 is 0. The fourth-order valence-electron chi connectivity index (χ4n) is 3.89. The van der Waals surface area contributed by atoms with Crippen molar-refractivity contribution in [2.45, 2.75) is 50.6 Å². The van der Waals surface area contributed by atoms with E-state index in [0.29, 0.717) is 30.9 Å². The van der Waals surface area contributed by atoms with Gasteiger partial charge in [-0.25, -0.2) is 4.39 Å². The molecule has 0 bridgehead atoms. The number of ether oxygens (including phenoxy) is 2. The van der Waals surface area contributed by atoms with Gasteiger partial charge < -0.3 is 24.6 Å². The number of benzene rings is 1. The first-order chi connectivity index (χ1) is 13.5. The van der Waals surface area contributed by atoms with Gasteiger partial charge in [-0.15, -0.1) is 0 Å². The number of β-amino-alcohol motifs (C(OH)–C–C–N with tert-alkyl or cyclic N) is 1. The zero-order chi connectivity index (χ0) is 19.9. The first kappa shape index (κ1) is 21.3. The zero-order valence-corrected chi connectivity index (χ0v) is 16.7. The number of methoxy groups -OCH3 is 1. The van der Waals surface area contributed by atoms with Gasteiger partial charge >= 0.3 is 0 Å². The summed E-state index contributed by atoms with van der Waals surface area (Å²) in [6.45, 7) is 4.66. The zero-order valence-electron chi connectivity index (χ0n) is 16.7. The lowest BCUT2D eigenvalue weighted by Gasteiger charge is -2.31. The van der Waals surface area contributed by atoms with Crippen LogP contribution in [0.4, 0.5) is 4.39 Å². The Kier molecular flexibility index (Phi) is 7.91. The monoisotopic (exact) mass is 396 g/mol. The van der Waals surface area contributed by atoms with Crippen LogP contribution < -0.4 is 9.47 Å². The van der Waals surface area contributed by atoms with E-state index < -0.39 is 12.3 Å². The topological polar surface area (TPSA) is 65.4 Å². The Balaban J connectivity index is 1.48. The van der Waals surface area contributed by atoms with Gasteiger partial charge in [0.05, 0.1) is 13.2 Å². The van der Waals surface area contributed by atoms with Gasteiger partial charge in [-0.3, -0.25) is 4.90 Å². The van der Waals surface area contributed by atoms with Gasteiger partial charge in [-0.05, 0) is 43.4 Å². The summed E-state index contributed by atoms with van der Waals surface area (Å²) in [6, 6.07) is 5.83. The Morgan fingerprint density at radius 2 is 1.75 bits per heavy atom. The third-order valence-electron chi connectivity index (χ3n) is 5.61. The molecule has 6 nitrogen and oxygen atoms in total. The number of hydrogen-bond donors (Lipinski definition) is 2. The van der Waals surface area contributed by atoms with Crippen LogP contribution in [0.25, 0.3) is 0 Å². The third kappa shape index (κ3) is 6.30. The minimum Gasteiger partial charge on any atom is -0.493 e. The number of aliphatic hydroxyl groups excluding tert-OH is 2. The summed E-state index contributed by atoms with van der Waals surface area (Å²) in [7, 11) is 1.61. The first-order valence-electron chi connectivity index (χ1n) is 10.3. The van der Waals surface area contributed by atoms with Crippen LogP contribution in [0.3, 0.4) is 0 Å². The van der Waals surface area contributed by atoms with Crippen LogP contribution in [0.1, 0.15) is 31.2 Å². The Labute approximate surface area is 166 Å². The molecule has 1 atom stereocenters. The number of aliphatic hydroxyl groups is 2. The number of halogens is 1. The molecule has 2 saturated heterocycles. The number of likely N-dealkylation sites (tertiary alicyclic amines) is 2. The predicted molar refractivity (Wildman–Crippen MR) is 106 cm³/mol. The Hall–Kier alpha value is -1.41. The molecule has 0 aromatic heterocycles. The molecule has 2 heterocycles. The van der Waals surface area contributed by atoms with E-state index in [1.165, 1.54) is 0 Å². The van der Waals surface area contributed by atoms with Crippen LogP contribution in [-0.4, -0.2) is 84.8 Å². The number of alkyl halides is 1. The van der Waals surface area contributed by atoms with Crippen molar-refractivity contribution in [2.75, 3.05) is 46.4 Å². The van der Waals surface area contributed by atoms with Crippen molar-refractivity contribution in [3.05, 3.63) is 23.8 Å².